The number of rotatable bonds is 8. The quantitative estimate of drug-likeness (QED) is 0.373. The van der Waals surface area contributed by atoms with Crippen molar-refractivity contribution in [3.05, 3.63) is 62.0 Å². The molecule has 2 heterocycles. The maximum absolute atomic E-state index is 12.5. The van der Waals surface area contributed by atoms with Gasteiger partial charge >= 0.3 is 5.97 Å². The van der Waals surface area contributed by atoms with E-state index in [1.165, 1.54) is 0 Å². The van der Waals surface area contributed by atoms with Crippen LogP contribution in [-0.4, -0.2) is 15.9 Å². The predicted molar refractivity (Wildman–Crippen MR) is 108 cm³/mol. The number of esters is 1. The molecule has 2 aromatic heterocycles. The number of hydrogen-bond acceptors (Lipinski definition) is 7. The van der Waals surface area contributed by atoms with Gasteiger partial charge in [-0.25, -0.2) is 14.8 Å². The van der Waals surface area contributed by atoms with Crippen LogP contribution in [0.15, 0.2) is 39.9 Å². The lowest BCUT2D eigenvalue weighted by Gasteiger charge is -2.08. The van der Waals surface area contributed by atoms with Crippen molar-refractivity contribution >= 4 is 40.4 Å². The molecule has 0 saturated carbocycles. The Morgan fingerprint density at radius 2 is 1.69 bits per heavy atom. The largest absolute Gasteiger partial charge is 0.456 e. The summed E-state index contributed by atoms with van der Waals surface area (Å²) in [4.78, 5) is 22.4. The Hall–Kier alpha value is -1.70. The summed E-state index contributed by atoms with van der Waals surface area (Å²) in [5.41, 5.74) is 2.45. The van der Waals surface area contributed by atoms with Gasteiger partial charge in [-0.05, 0) is 25.0 Å². The standard InChI is InChI=1S/C19H20N2O2S3/c1-3-17-20-13(10-25-17)9-23-19(22)15-7-5-6-8-16(15)24-11-14-12-26-18(4-2)21-14/h5-8,10,12H,3-4,9,11H2,1-2H3. The third kappa shape index (κ3) is 4.93. The number of thiazole rings is 2. The second-order valence-corrected chi connectivity index (χ2v) is 8.44. The fourth-order valence-corrected chi connectivity index (χ4v) is 4.80. The van der Waals surface area contributed by atoms with Crippen LogP contribution in [0.3, 0.4) is 0 Å². The maximum Gasteiger partial charge on any atom is 0.339 e. The van der Waals surface area contributed by atoms with E-state index in [1.54, 1.807) is 34.4 Å². The van der Waals surface area contributed by atoms with Crippen LogP contribution in [0.5, 0.6) is 0 Å². The van der Waals surface area contributed by atoms with Gasteiger partial charge in [0, 0.05) is 21.4 Å². The number of hydrogen-bond donors (Lipinski definition) is 0. The van der Waals surface area contributed by atoms with Gasteiger partial charge in [-0.15, -0.1) is 34.4 Å². The summed E-state index contributed by atoms with van der Waals surface area (Å²) in [6.45, 7) is 4.38. The molecule has 7 heteroatoms. The first-order valence-electron chi connectivity index (χ1n) is 8.45. The number of aryl methyl sites for hydroxylation is 2. The summed E-state index contributed by atoms with van der Waals surface area (Å²) >= 11 is 4.89. The number of ether oxygens (including phenoxy) is 1. The van der Waals surface area contributed by atoms with Crippen molar-refractivity contribution in [3.63, 3.8) is 0 Å². The summed E-state index contributed by atoms with van der Waals surface area (Å²) in [7, 11) is 0. The zero-order chi connectivity index (χ0) is 18.4. The zero-order valence-electron chi connectivity index (χ0n) is 14.7. The zero-order valence-corrected chi connectivity index (χ0v) is 17.2. The van der Waals surface area contributed by atoms with Crippen LogP contribution in [0.4, 0.5) is 0 Å². The summed E-state index contributed by atoms with van der Waals surface area (Å²) < 4.78 is 5.46. The Kier molecular flexibility index (Phi) is 6.82. The molecule has 0 atom stereocenters. The third-order valence-electron chi connectivity index (χ3n) is 3.64. The van der Waals surface area contributed by atoms with E-state index in [9.17, 15) is 4.79 Å². The molecule has 0 saturated heterocycles. The Morgan fingerprint density at radius 3 is 2.38 bits per heavy atom. The van der Waals surface area contributed by atoms with E-state index in [0.29, 0.717) is 5.56 Å². The van der Waals surface area contributed by atoms with Crippen LogP contribution in [-0.2, 0) is 29.9 Å². The molecule has 0 aliphatic carbocycles. The molecule has 0 radical (unpaired) electrons. The minimum Gasteiger partial charge on any atom is -0.456 e. The first kappa shape index (κ1) is 19.1. The molecule has 3 rings (SSSR count). The van der Waals surface area contributed by atoms with E-state index >= 15 is 0 Å². The SMILES string of the molecule is CCc1nc(COC(=O)c2ccccc2SCc2csc(CC)n2)cs1. The number of carbonyl (C=O) groups excluding carboxylic acids is 1. The molecule has 0 fully saturated rings. The van der Waals surface area contributed by atoms with Crippen LogP contribution in [0, 0.1) is 0 Å². The molecule has 0 amide bonds. The normalized spacial score (nSPS) is 10.8. The van der Waals surface area contributed by atoms with Crippen molar-refractivity contribution in [2.24, 2.45) is 0 Å². The van der Waals surface area contributed by atoms with Crippen molar-refractivity contribution in [2.75, 3.05) is 0 Å². The predicted octanol–water partition coefficient (Wildman–Crippen LogP) is 5.37. The lowest BCUT2D eigenvalue weighted by Crippen LogP contribution is -2.07. The molecule has 0 aliphatic rings. The number of carbonyl (C=O) groups is 1. The second kappa shape index (κ2) is 9.30. The van der Waals surface area contributed by atoms with Crippen molar-refractivity contribution < 1.29 is 9.53 Å². The van der Waals surface area contributed by atoms with Crippen LogP contribution in [0.25, 0.3) is 0 Å². The molecule has 26 heavy (non-hydrogen) atoms. The van der Waals surface area contributed by atoms with E-state index in [1.807, 2.05) is 29.6 Å². The molecular formula is C19H20N2O2S3. The molecule has 0 N–H and O–H groups in total. The molecule has 4 nitrogen and oxygen atoms in total. The van der Waals surface area contributed by atoms with Gasteiger partial charge in [0.1, 0.15) is 6.61 Å². The van der Waals surface area contributed by atoms with Crippen molar-refractivity contribution in [1.82, 2.24) is 9.97 Å². The molecule has 0 unspecified atom stereocenters. The molecule has 0 spiro atoms. The number of aromatic nitrogens is 2. The minimum atomic E-state index is -0.313. The number of benzene rings is 1. The van der Waals surface area contributed by atoms with Gasteiger partial charge in [0.2, 0.25) is 0 Å². The highest BCUT2D eigenvalue weighted by Gasteiger charge is 2.14. The fraction of sp³-hybridized carbons (Fsp3) is 0.316. The van der Waals surface area contributed by atoms with Crippen LogP contribution in [0.1, 0.15) is 45.6 Å². The Morgan fingerprint density at radius 1 is 1.04 bits per heavy atom. The van der Waals surface area contributed by atoms with Gasteiger partial charge in [0.05, 0.1) is 27.0 Å². The van der Waals surface area contributed by atoms with Gasteiger partial charge in [-0.2, -0.15) is 0 Å². The van der Waals surface area contributed by atoms with Crippen molar-refractivity contribution in [3.8, 4) is 0 Å². The molecule has 1 aromatic carbocycles. The first-order chi connectivity index (χ1) is 12.7. The average molecular weight is 405 g/mol. The molecule has 3 aromatic rings. The summed E-state index contributed by atoms with van der Waals surface area (Å²) in [5.74, 6) is 0.430. The van der Waals surface area contributed by atoms with E-state index in [-0.39, 0.29) is 12.6 Å². The number of thioether (sulfide) groups is 1. The molecule has 136 valence electrons. The van der Waals surface area contributed by atoms with E-state index < -0.39 is 0 Å². The minimum absolute atomic E-state index is 0.209. The smallest absolute Gasteiger partial charge is 0.339 e. The lowest BCUT2D eigenvalue weighted by molar-refractivity contribution is 0.0464. The van der Waals surface area contributed by atoms with Gasteiger partial charge in [-0.3, -0.25) is 0 Å². The Bertz CT molecular complexity index is 873. The van der Waals surface area contributed by atoms with Gasteiger partial charge in [-0.1, -0.05) is 26.0 Å². The molecular weight excluding hydrogens is 384 g/mol. The average Bonchev–Trinajstić information content (AvgIpc) is 3.33. The second-order valence-electron chi connectivity index (χ2n) is 5.53. The fourth-order valence-electron chi connectivity index (χ4n) is 2.29. The summed E-state index contributed by atoms with van der Waals surface area (Å²) in [6, 6.07) is 7.55. The molecule has 0 bridgehead atoms. The first-order valence-corrected chi connectivity index (χ1v) is 11.2. The van der Waals surface area contributed by atoms with Gasteiger partial charge in [0.15, 0.2) is 0 Å². The Labute approximate surface area is 165 Å². The monoisotopic (exact) mass is 404 g/mol. The number of nitrogens with zero attached hydrogens (tertiary/aromatic N) is 2. The van der Waals surface area contributed by atoms with Crippen LogP contribution < -0.4 is 0 Å². The van der Waals surface area contributed by atoms with E-state index in [2.05, 4.69) is 29.2 Å². The van der Waals surface area contributed by atoms with E-state index in [4.69, 9.17) is 4.74 Å². The Balaban J connectivity index is 1.62. The van der Waals surface area contributed by atoms with Gasteiger partial charge in [0.25, 0.3) is 0 Å². The summed E-state index contributed by atoms with van der Waals surface area (Å²) in [6.07, 6.45) is 1.85. The third-order valence-corrected chi connectivity index (χ3v) is 6.83. The van der Waals surface area contributed by atoms with Crippen molar-refractivity contribution in [2.45, 2.75) is 43.9 Å². The van der Waals surface area contributed by atoms with Crippen LogP contribution >= 0.6 is 34.4 Å². The van der Waals surface area contributed by atoms with E-state index in [0.717, 1.165) is 44.9 Å². The summed E-state index contributed by atoms with van der Waals surface area (Å²) in [5, 5.41) is 6.23. The van der Waals surface area contributed by atoms with Crippen LogP contribution in [0.2, 0.25) is 0 Å². The highest BCUT2D eigenvalue weighted by atomic mass is 32.2. The highest BCUT2D eigenvalue weighted by molar-refractivity contribution is 7.98. The highest BCUT2D eigenvalue weighted by Crippen LogP contribution is 2.27. The lowest BCUT2D eigenvalue weighted by atomic mass is 10.2. The van der Waals surface area contributed by atoms with Crippen molar-refractivity contribution in [1.29, 1.82) is 0 Å². The molecule has 0 aliphatic heterocycles. The maximum atomic E-state index is 12.5. The topological polar surface area (TPSA) is 52.1 Å². The van der Waals surface area contributed by atoms with Gasteiger partial charge < -0.3 is 4.74 Å².